The van der Waals surface area contributed by atoms with E-state index in [4.69, 9.17) is 4.74 Å². The molecule has 0 saturated heterocycles. The van der Waals surface area contributed by atoms with Gasteiger partial charge in [0, 0.05) is 23.7 Å². The molecular weight excluding hydrogens is 302 g/mol. The van der Waals surface area contributed by atoms with E-state index in [2.05, 4.69) is 52.4 Å². The van der Waals surface area contributed by atoms with Gasteiger partial charge in [-0.3, -0.25) is 0 Å². The molecule has 106 valence electrons. The van der Waals surface area contributed by atoms with E-state index >= 15 is 0 Å². The van der Waals surface area contributed by atoms with Crippen molar-refractivity contribution in [3.8, 4) is 0 Å². The first-order valence-electron chi connectivity index (χ1n) is 7.29. The standard InChI is InChI=1S/C16H24BrNO/c1-3-14(12-8-10-13(17)11-9-12)18-15-6-4-5-7-16(15)19-2/h8-11,14-16,18H,3-7H2,1-2H3. The minimum Gasteiger partial charge on any atom is -0.380 e. The lowest BCUT2D eigenvalue weighted by molar-refractivity contribution is 0.0374. The van der Waals surface area contributed by atoms with E-state index in [1.165, 1.54) is 31.2 Å². The molecule has 0 aliphatic heterocycles. The van der Waals surface area contributed by atoms with Gasteiger partial charge in [0.05, 0.1) is 6.10 Å². The fraction of sp³-hybridized carbons (Fsp3) is 0.625. The quantitative estimate of drug-likeness (QED) is 0.863. The Kier molecular flexibility index (Phi) is 5.86. The number of nitrogens with one attached hydrogen (secondary N) is 1. The number of methoxy groups -OCH3 is 1. The second-order valence-corrected chi connectivity index (χ2v) is 6.26. The molecule has 19 heavy (non-hydrogen) atoms. The fourth-order valence-electron chi connectivity index (χ4n) is 2.97. The van der Waals surface area contributed by atoms with Gasteiger partial charge in [0.2, 0.25) is 0 Å². The van der Waals surface area contributed by atoms with Crippen molar-refractivity contribution in [1.29, 1.82) is 0 Å². The van der Waals surface area contributed by atoms with Crippen molar-refractivity contribution in [3.05, 3.63) is 34.3 Å². The molecule has 1 aromatic rings. The minimum atomic E-state index is 0.373. The molecule has 2 rings (SSSR count). The Morgan fingerprint density at radius 3 is 2.58 bits per heavy atom. The first kappa shape index (κ1) is 15.0. The monoisotopic (exact) mass is 325 g/mol. The summed E-state index contributed by atoms with van der Waals surface area (Å²) < 4.78 is 6.77. The maximum absolute atomic E-state index is 5.63. The van der Waals surface area contributed by atoms with Crippen molar-refractivity contribution < 1.29 is 4.74 Å². The van der Waals surface area contributed by atoms with Crippen LogP contribution in [0.5, 0.6) is 0 Å². The fourth-order valence-corrected chi connectivity index (χ4v) is 3.24. The van der Waals surface area contributed by atoms with Crippen molar-refractivity contribution in [2.45, 2.75) is 57.2 Å². The molecule has 0 heterocycles. The molecule has 1 aromatic carbocycles. The van der Waals surface area contributed by atoms with Gasteiger partial charge >= 0.3 is 0 Å². The van der Waals surface area contributed by atoms with Crippen LogP contribution in [-0.4, -0.2) is 19.3 Å². The van der Waals surface area contributed by atoms with Crippen LogP contribution in [0.15, 0.2) is 28.7 Å². The summed E-state index contributed by atoms with van der Waals surface area (Å²) in [6.07, 6.45) is 6.50. The van der Waals surface area contributed by atoms with Gasteiger partial charge in [-0.25, -0.2) is 0 Å². The summed E-state index contributed by atoms with van der Waals surface area (Å²) in [6.45, 7) is 2.24. The third-order valence-electron chi connectivity index (χ3n) is 4.10. The van der Waals surface area contributed by atoms with E-state index in [0.717, 1.165) is 10.9 Å². The highest BCUT2D eigenvalue weighted by Gasteiger charge is 2.26. The lowest BCUT2D eigenvalue weighted by Gasteiger charge is -2.34. The number of rotatable bonds is 5. The predicted molar refractivity (Wildman–Crippen MR) is 83.4 cm³/mol. The molecule has 1 aliphatic rings. The summed E-state index contributed by atoms with van der Waals surface area (Å²) in [5, 5.41) is 3.80. The van der Waals surface area contributed by atoms with Crippen LogP contribution in [0, 0.1) is 0 Å². The van der Waals surface area contributed by atoms with Gasteiger partial charge in [-0.15, -0.1) is 0 Å². The molecule has 2 nitrogen and oxygen atoms in total. The van der Waals surface area contributed by atoms with Crippen LogP contribution in [0.2, 0.25) is 0 Å². The van der Waals surface area contributed by atoms with Crippen LogP contribution < -0.4 is 5.32 Å². The Bertz CT molecular complexity index is 379. The SMILES string of the molecule is CCC(NC1CCCCC1OC)c1ccc(Br)cc1. The highest BCUT2D eigenvalue weighted by atomic mass is 79.9. The number of benzene rings is 1. The zero-order valence-corrected chi connectivity index (χ0v) is 13.4. The smallest absolute Gasteiger partial charge is 0.0724 e. The molecule has 1 fully saturated rings. The second kappa shape index (κ2) is 7.41. The summed E-state index contributed by atoms with van der Waals surface area (Å²) in [7, 11) is 1.84. The number of halogens is 1. The Morgan fingerprint density at radius 2 is 1.95 bits per heavy atom. The van der Waals surface area contributed by atoms with Crippen LogP contribution in [0.3, 0.4) is 0 Å². The molecule has 0 radical (unpaired) electrons. The molecule has 0 amide bonds. The van der Waals surface area contributed by atoms with Crippen LogP contribution in [0.1, 0.15) is 50.6 Å². The van der Waals surface area contributed by atoms with Gasteiger partial charge in [-0.2, -0.15) is 0 Å². The first-order valence-corrected chi connectivity index (χ1v) is 8.08. The lowest BCUT2D eigenvalue weighted by atomic mass is 9.91. The third-order valence-corrected chi connectivity index (χ3v) is 4.63. The number of hydrogen-bond donors (Lipinski definition) is 1. The summed E-state index contributed by atoms with van der Waals surface area (Å²) in [5.41, 5.74) is 1.37. The highest BCUT2D eigenvalue weighted by molar-refractivity contribution is 9.10. The molecule has 0 aromatic heterocycles. The van der Waals surface area contributed by atoms with Gasteiger partial charge in [0.15, 0.2) is 0 Å². The molecule has 3 unspecified atom stereocenters. The van der Waals surface area contributed by atoms with E-state index in [0.29, 0.717) is 18.2 Å². The van der Waals surface area contributed by atoms with Crippen molar-refractivity contribution in [2.24, 2.45) is 0 Å². The zero-order chi connectivity index (χ0) is 13.7. The van der Waals surface area contributed by atoms with Gasteiger partial charge in [0.25, 0.3) is 0 Å². The van der Waals surface area contributed by atoms with E-state index < -0.39 is 0 Å². The average Bonchev–Trinajstić information content (AvgIpc) is 2.46. The van der Waals surface area contributed by atoms with E-state index in [1.807, 2.05) is 7.11 Å². The summed E-state index contributed by atoms with van der Waals surface area (Å²) in [4.78, 5) is 0. The Hall–Kier alpha value is -0.380. The summed E-state index contributed by atoms with van der Waals surface area (Å²) >= 11 is 3.50. The molecule has 1 saturated carbocycles. The van der Waals surface area contributed by atoms with E-state index in [1.54, 1.807) is 0 Å². The first-order chi connectivity index (χ1) is 9.24. The van der Waals surface area contributed by atoms with Gasteiger partial charge in [0.1, 0.15) is 0 Å². The van der Waals surface area contributed by atoms with Crippen molar-refractivity contribution in [1.82, 2.24) is 5.32 Å². The Balaban J connectivity index is 2.03. The van der Waals surface area contributed by atoms with Gasteiger partial charge in [-0.05, 0) is 37.0 Å². The van der Waals surface area contributed by atoms with Crippen molar-refractivity contribution in [3.63, 3.8) is 0 Å². The maximum Gasteiger partial charge on any atom is 0.0724 e. The zero-order valence-electron chi connectivity index (χ0n) is 11.9. The third kappa shape index (κ3) is 4.04. The molecule has 3 heteroatoms. The number of hydrogen-bond acceptors (Lipinski definition) is 2. The van der Waals surface area contributed by atoms with Crippen LogP contribution in [0.25, 0.3) is 0 Å². The molecular formula is C16H24BrNO. The highest BCUT2D eigenvalue weighted by Crippen LogP contribution is 2.26. The predicted octanol–water partition coefficient (Wildman–Crippen LogP) is 4.45. The van der Waals surface area contributed by atoms with Crippen molar-refractivity contribution >= 4 is 15.9 Å². The molecule has 3 atom stereocenters. The topological polar surface area (TPSA) is 21.3 Å². The molecule has 1 aliphatic carbocycles. The van der Waals surface area contributed by atoms with Crippen LogP contribution >= 0.6 is 15.9 Å². The number of ether oxygens (including phenoxy) is 1. The largest absolute Gasteiger partial charge is 0.380 e. The second-order valence-electron chi connectivity index (χ2n) is 5.34. The Labute approximate surface area is 125 Å². The molecule has 1 N–H and O–H groups in total. The molecule has 0 bridgehead atoms. The maximum atomic E-state index is 5.63. The minimum absolute atomic E-state index is 0.373. The normalized spacial score (nSPS) is 25.2. The average molecular weight is 326 g/mol. The lowest BCUT2D eigenvalue weighted by Crippen LogP contribution is -2.44. The molecule has 0 spiro atoms. The summed E-state index contributed by atoms with van der Waals surface area (Å²) in [6, 6.07) is 9.57. The van der Waals surface area contributed by atoms with Gasteiger partial charge < -0.3 is 10.1 Å². The van der Waals surface area contributed by atoms with Gasteiger partial charge in [-0.1, -0.05) is 47.8 Å². The summed E-state index contributed by atoms with van der Waals surface area (Å²) in [5.74, 6) is 0. The Morgan fingerprint density at radius 1 is 1.26 bits per heavy atom. The van der Waals surface area contributed by atoms with Crippen LogP contribution in [0.4, 0.5) is 0 Å². The van der Waals surface area contributed by atoms with Crippen molar-refractivity contribution in [2.75, 3.05) is 7.11 Å². The van der Waals surface area contributed by atoms with Crippen LogP contribution in [-0.2, 0) is 4.74 Å². The van der Waals surface area contributed by atoms with E-state index in [-0.39, 0.29) is 0 Å². The van der Waals surface area contributed by atoms with E-state index in [9.17, 15) is 0 Å².